The van der Waals surface area contributed by atoms with Gasteiger partial charge in [-0.05, 0) is 19.9 Å². The largest absolute Gasteiger partial charge is 0.378 e. The van der Waals surface area contributed by atoms with E-state index in [1.807, 2.05) is 0 Å². The molecule has 0 spiro atoms. The summed E-state index contributed by atoms with van der Waals surface area (Å²) >= 11 is 0. The van der Waals surface area contributed by atoms with Gasteiger partial charge < -0.3 is 10.1 Å². The molecule has 0 aromatic rings. The van der Waals surface area contributed by atoms with Crippen LogP contribution in [-0.4, -0.2) is 33.7 Å². The van der Waals surface area contributed by atoms with Gasteiger partial charge in [0.05, 0.1) is 14.0 Å². The van der Waals surface area contributed by atoms with Gasteiger partial charge in [0, 0.05) is 13.2 Å². The van der Waals surface area contributed by atoms with E-state index in [0.717, 1.165) is 19.7 Å². The maximum Gasteiger partial charge on any atom is 0.0769 e. The zero-order chi connectivity index (χ0) is 11.1. The van der Waals surface area contributed by atoms with E-state index >= 15 is 0 Å². The number of unbranched alkanes of at least 4 members (excludes halogenated alkanes) is 1. The van der Waals surface area contributed by atoms with E-state index in [1.165, 1.54) is 31.4 Å². The van der Waals surface area contributed by atoms with E-state index in [0.29, 0.717) is 0 Å². The molecule has 1 saturated heterocycles. The number of likely N-dealkylation sites (N-methyl/N-ethyl adjacent to an activating group) is 1. The molecular formula is C12H27NOSi. The van der Waals surface area contributed by atoms with Crippen LogP contribution in [0.2, 0.25) is 12.1 Å². The average Bonchev–Trinajstić information content (AvgIpc) is 2.12. The van der Waals surface area contributed by atoms with Crippen molar-refractivity contribution in [3.8, 4) is 0 Å². The first kappa shape index (κ1) is 13.2. The van der Waals surface area contributed by atoms with Crippen molar-refractivity contribution in [2.75, 3.05) is 19.7 Å². The first-order valence-corrected chi connectivity index (χ1v) is 8.78. The number of hydrogen-bond acceptors (Lipinski definition) is 2. The molecule has 1 N–H and O–H groups in total. The van der Waals surface area contributed by atoms with E-state index < -0.39 is 8.80 Å². The van der Waals surface area contributed by atoms with Crippen molar-refractivity contribution < 1.29 is 4.74 Å². The van der Waals surface area contributed by atoms with Gasteiger partial charge in [0.2, 0.25) is 0 Å². The van der Waals surface area contributed by atoms with Crippen molar-refractivity contribution in [2.45, 2.75) is 57.3 Å². The molecule has 1 aliphatic heterocycles. The lowest BCUT2D eigenvalue weighted by molar-refractivity contribution is 0.0229. The third-order valence-electron chi connectivity index (χ3n) is 3.62. The van der Waals surface area contributed by atoms with Gasteiger partial charge in [-0.1, -0.05) is 38.8 Å². The van der Waals surface area contributed by atoms with E-state index in [9.17, 15) is 0 Å². The van der Waals surface area contributed by atoms with Gasteiger partial charge in [-0.25, -0.2) is 0 Å². The van der Waals surface area contributed by atoms with Crippen molar-refractivity contribution in [3.05, 3.63) is 0 Å². The molecular weight excluding hydrogens is 202 g/mol. The maximum atomic E-state index is 6.18. The highest BCUT2D eigenvalue weighted by Gasteiger charge is 2.39. The molecule has 3 heteroatoms. The van der Waals surface area contributed by atoms with Gasteiger partial charge in [-0.3, -0.25) is 0 Å². The highest BCUT2D eigenvalue weighted by molar-refractivity contribution is 6.64. The monoisotopic (exact) mass is 229 g/mol. The fourth-order valence-electron chi connectivity index (χ4n) is 2.15. The van der Waals surface area contributed by atoms with E-state index in [4.69, 9.17) is 4.74 Å². The van der Waals surface area contributed by atoms with Crippen LogP contribution in [0.1, 0.15) is 40.0 Å². The van der Waals surface area contributed by atoms with Gasteiger partial charge in [-0.2, -0.15) is 0 Å². The minimum absolute atomic E-state index is 0.226. The SMILES string of the molecule is CCCCOC(C)(CNCC)[SiH]1CCC1. The molecule has 1 rings (SSSR count). The molecule has 2 nitrogen and oxygen atoms in total. The lowest BCUT2D eigenvalue weighted by Gasteiger charge is -2.42. The Bertz CT molecular complexity index is 173. The van der Waals surface area contributed by atoms with Crippen LogP contribution in [0.15, 0.2) is 0 Å². The van der Waals surface area contributed by atoms with Gasteiger partial charge in [-0.15, -0.1) is 0 Å². The molecule has 1 heterocycles. The molecule has 1 unspecified atom stereocenters. The number of nitrogens with one attached hydrogen (secondary N) is 1. The summed E-state index contributed by atoms with van der Waals surface area (Å²) in [6, 6.07) is 2.99. The topological polar surface area (TPSA) is 21.3 Å². The average molecular weight is 229 g/mol. The Balaban J connectivity index is 2.35. The van der Waals surface area contributed by atoms with Crippen LogP contribution in [0.25, 0.3) is 0 Å². The zero-order valence-electron chi connectivity index (χ0n) is 10.6. The Morgan fingerprint density at radius 3 is 2.53 bits per heavy atom. The first-order chi connectivity index (χ1) is 7.23. The molecule has 0 bridgehead atoms. The Morgan fingerprint density at radius 2 is 2.07 bits per heavy atom. The van der Waals surface area contributed by atoms with Gasteiger partial charge in [0.1, 0.15) is 0 Å². The summed E-state index contributed by atoms with van der Waals surface area (Å²) in [4.78, 5) is 0. The number of ether oxygens (including phenoxy) is 1. The standard InChI is InChI=1S/C12H27NOSi/c1-4-6-8-14-12(3,11-13-5-2)15-9-7-10-15/h13,15H,4-11H2,1-3H3. The van der Waals surface area contributed by atoms with Crippen molar-refractivity contribution in [2.24, 2.45) is 0 Å². The van der Waals surface area contributed by atoms with Crippen LogP contribution in [0.3, 0.4) is 0 Å². The Labute approximate surface area is 96.4 Å². The zero-order valence-corrected chi connectivity index (χ0v) is 11.8. The van der Waals surface area contributed by atoms with Gasteiger partial charge >= 0.3 is 0 Å². The molecule has 0 aromatic heterocycles. The molecule has 0 aliphatic carbocycles. The first-order valence-electron chi connectivity index (χ1n) is 6.57. The second-order valence-corrected chi connectivity index (χ2v) is 8.69. The van der Waals surface area contributed by atoms with Crippen molar-refractivity contribution in [1.82, 2.24) is 5.32 Å². The van der Waals surface area contributed by atoms with Crippen LogP contribution in [0, 0.1) is 0 Å². The summed E-state index contributed by atoms with van der Waals surface area (Å²) in [7, 11) is -0.590. The van der Waals surface area contributed by atoms with Crippen LogP contribution in [0.4, 0.5) is 0 Å². The molecule has 0 radical (unpaired) electrons. The highest BCUT2D eigenvalue weighted by atomic mass is 28.3. The van der Waals surface area contributed by atoms with Crippen LogP contribution in [0.5, 0.6) is 0 Å². The molecule has 0 amide bonds. The lowest BCUT2D eigenvalue weighted by atomic mass is 10.3. The third-order valence-corrected chi connectivity index (χ3v) is 7.93. The highest BCUT2D eigenvalue weighted by Crippen LogP contribution is 2.31. The molecule has 90 valence electrons. The molecule has 1 aliphatic rings. The fraction of sp³-hybridized carbons (Fsp3) is 1.00. The molecule has 15 heavy (non-hydrogen) atoms. The second kappa shape index (κ2) is 6.66. The smallest absolute Gasteiger partial charge is 0.0769 e. The van der Waals surface area contributed by atoms with E-state index in [2.05, 4.69) is 26.1 Å². The predicted octanol–water partition coefficient (Wildman–Crippen LogP) is 2.34. The van der Waals surface area contributed by atoms with Crippen LogP contribution >= 0.6 is 0 Å². The van der Waals surface area contributed by atoms with E-state index in [1.54, 1.807) is 0 Å². The van der Waals surface area contributed by atoms with Crippen LogP contribution in [-0.2, 0) is 4.74 Å². The van der Waals surface area contributed by atoms with Gasteiger partial charge in [0.25, 0.3) is 0 Å². The fourth-order valence-corrected chi connectivity index (χ4v) is 4.98. The minimum Gasteiger partial charge on any atom is -0.378 e. The quantitative estimate of drug-likeness (QED) is 0.509. The molecule has 1 fully saturated rings. The Hall–Kier alpha value is 0.137. The third kappa shape index (κ3) is 3.89. The second-order valence-electron chi connectivity index (χ2n) is 4.92. The summed E-state index contributed by atoms with van der Waals surface area (Å²) in [5, 5.41) is 3.70. The van der Waals surface area contributed by atoms with Crippen molar-refractivity contribution in [3.63, 3.8) is 0 Å². The summed E-state index contributed by atoms with van der Waals surface area (Å²) in [5.41, 5.74) is 0. The maximum absolute atomic E-state index is 6.18. The summed E-state index contributed by atoms with van der Waals surface area (Å²) in [5.74, 6) is 0. The van der Waals surface area contributed by atoms with Crippen LogP contribution < -0.4 is 5.32 Å². The summed E-state index contributed by atoms with van der Waals surface area (Å²) in [6.45, 7) is 9.85. The predicted molar refractivity (Wildman–Crippen MR) is 69.2 cm³/mol. The van der Waals surface area contributed by atoms with E-state index in [-0.39, 0.29) is 5.22 Å². The lowest BCUT2D eigenvalue weighted by Crippen LogP contribution is -2.55. The number of hydrogen-bond donors (Lipinski definition) is 1. The summed E-state index contributed by atoms with van der Waals surface area (Å²) < 4.78 is 6.18. The molecule has 0 aromatic carbocycles. The normalized spacial score (nSPS) is 21.0. The Kier molecular flexibility index (Phi) is 5.86. The van der Waals surface area contributed by atoms with Crippen molar-refractivity contribution >= 4 is 8.80 Å². The summed E-state index contributed by atoms with van der Waals surface area (Å²) in [6.07, 6.45) is 3.90. The molecule has 0 saturated carbocycles. The number of rotatable bonds is 8. The van der Waals surface area contributed by atoms with Crippen molar-refractivity contribution in [1.29, 1.82) is 0 Å². The minimum atomic E-state index is -0.590. The van der Waals surface area contributed by atoms with Gasteiger partial charge in [0.15, 0.2) is 0 Å². The Morgan fingerprint density at radius 1 is 1.33 bits per heavy atom. The molecule has 1 atom stereocenters.